The number of piperazine rings is 1. The monoisotopic (exact) mass is 740 g/mol. The number of carbonyl (C=O) groups excluding carboxylic acids is 3. The van der Waals surface area contributed by atoms with E-state index in [4.69, 9.17) is 0 Å². The lowest BCUT2D eigenvalue weighted by Gasteiger charge is -2.36. The molecule has 1 aliphatic rings. The van der Waals surface area contributed by atoms with Crippen LogP contribution in [0.4, 0.5) is 18.9 Å². The highest BCUT2D eigenvalue weighted by molar-refractivity contribution is 5.95. The number of benzene rings is 3. The van der Waals surface area contributed by atoms with E-state index in [1.54, 1.807) is 30.0 Å². The van der Waals surface area contributed by atoms with Crippen molar-refractivity contribution in [3.8, 4) is 0 Å². The van der Waals surface area contributed by atoms with Gasteiger partial charge in [-0.15, -0.1) is 0 Å². The number of halogens is 3. The van der Waals surface area contributed by atoms with Crippen LogP contribution in [0, 0.1) is 0 Å². The fraction of sp³-hybridized carbons (Fsp3) is 0.333. The molecule has 3 amide bonds. The molecule has 0 saturated carbocycles. The summed E-state index contributed by atoms with van der Waals surface area (Å²) in [5.74, 6) is -0.621. The summed E-state index contributed by atoms with van der Waals surface area (Å²) in [6.07, 6.45) is 2.11. The minimum atomic E-state index is -4.47. The van der Waals surface area contributed by atoms with Crippen LogP contribution in [-0.4, -0.2) is 102 Å². The van der Waals surface area contributed by atoms with Gasteiger partial charge in [-0.25, -0.2) is 0 Å². The number of pyridine rings is 1. The molecule has 0 aliphatic carbocycles. The van der Waals surface area contributed by atoms with Crippen molar-refractivity contribution in [3.63, 3.8) is 0 Å². The molecular weight excluding hydrogens is 693 g/mol. The maximum Gasteiger partial charge on any atom is 0.416 e. The smallest absolute Gasteiger partial charge is 0.368 e. The van der Waals surface area contributed by atoms with Crippen LogP contribution >= 0.6 is 0 Å². The van der Waals surface area contributed by atoms with Crippen LogP contribution in [-0.2, 0) is 40.1 Å². The Morgan fingerprint density at radius 2 is 1.46 bits per heavy atom. The molecular formula is C42H47F3N6O3. The average molecular weight is 741 g/mol. The largest absolute Gasteiger partial charge is 0.416 e. The molecule has 1 aromatic heterocycles. The summed E-state index contributed by atoms with van der Waals surface area (Å²) < 4.78 is 39.6. The van der Waals surface area contributed by atoms with Crippen molar-refractivity contribution in [3.05, 3.63) is 137 Å². The molecule has 0 N–H and O–H groups in total. The molecule has 9 nitrogen and oxygen atoms in total. The van der Waals surface area contributed by atoms with E-state index in [9.17, 15) is 27.6 Å². The highest BCUT2D eigenvalue weighted by Crippen LogP contribution is 2.29. The number of rotatable bonds is 14. The lowest BCUT2D eigenvalue weighted by molar-refractivity contribution is -0.143. The van der Waals surface area contributed by atoms with E-state index >= 15 is 0 Å². The molecule has 54 heavy (non-hydrogen) atoms. The van der Waals surface area contributed by atoms with Gasteiger partial charge in [-0.3, -0.25) is 19.4 Å². The van der Waals surface area contributed by atoms with Crippen molar-refractivity contribution in [2.24, 2.45) is 0 Å². The third-order valence-corrected chi connectivity index (χ3v) is 9.62. The Kier molecular flexibility index (Phi) is 13.6. The zero-order valence-corrected chi connectivity index (χ0v) is 31.0. The fourth-order valence-electron chi connectivity index (χ4n) is 6.41. The van der Waals surface area contributed by atoms with E-state index < -0.39 is 23.7 Å². The van der Waals surface area contributed by atoms with Crippen LogP contribution in [0.5, 0.6) is 0 Å². The number of alkyl halides is 3. The summed E-state index contributed by atoms with van der Waals surface area (Å²) in [5.41, 5.74) is 3.38. The van der Waals surface area contributed by atoms with Crippen LogP contribution in [0.3, 0.4) is 0 Å². The summed E-state index contributed by atoms with van der Waals surface area (Å²) >= 11 is 0. The van der Waals surface area contributed by atoms with Crippen molar-refractivity contribution in [1.82, 2.24) is 24.6 Å². The third kappa shape index (κ3) is 11.3. The Morgan fingerprint density at radius 3 is 2.07 bits per heavy atom. The van der Waals surface area contributed by atoms with Crippen LogP contribution in [0.2, 0.25) is 0 Å². The SMILES string of the molecule is CC(=O)N1CCN(c2ccc(CN(C(=O)C=Cc3ccc(C(F)(F)F)cc3)[C@@H](Cc3ccccc3)C(=O)N(C)CCN(C)Cc3cccnc3)cc2)CC1. The normalized spacial score (nSPS) is 14.0. The molecule has 0 unspecified atom stereocenters. The molecule has 5 rings (SSSR count). The summed E-state index contributed by atoms with van der Waals surface area (Å²) in [7, 11) is 3.71. The first-order valence-corrected chi connectivity index (χ1v) is 18.0. The number of hydrogen-bond acceptors (Lipinski definition) is 6. The molecule has 3 aromatic carbocycles. The molecule has 0 radical (unpaired) electrons. The first kappa shape index (κ1) is 39.7. The van der Waals surface area contributed by atoms with Crippen molar-refractivity contribution in [2.75, 3.05) is 58.3 Å². The topological polar surface area (TPSA) is 80.3 Å². The second-order valence-electron chi connectivity index (χ2n) is 13.6. The molecule has 1 atom stereocenters. The molecule has 1 fully saturated rings. The lowest BCUT2D eigenvalue weighted by Crippen LogP contribution is -2.51. The molecule has 12 heteroatoms. The summed E-state index contributed by atoms with van der Waals surface area (Å²) in [6, 6.07) is 24.9. The highest BCUT2D eigenvalue weighted by atomic mass is 19.4. The van der Waals surface area contributed by atoms with E-state index in [0.29, 0.717) is 51.4 Å². The number of anilines is 1. The quantitative estimate of drug-likeness (QED) is 0.148. The van der Waals surface area contributed by atoms with Gasteiger partial charge in [0, 0.05) is 96.9 Å². The predicted molar refractivity (Wildman–Crippen MR) is 204 cm³/mol. The standard InChI is InChI=1S/C42H47F3N6O3/c1-32(52)49-24-26-50(27-25-49)38-18-13-35(14-19-38)31-51(40(53)20-15-33-11-16-37(17-12-33)42(43,44)45)39(28-34-8-5-4-6-9-34)41(54)48(3)23-22-47(2)30-36-10-7-21-46-29-36/h4-21,29,39H,22-28,30-31H2,1-3H3/t39-/m0/s1. The second-order valence-corrected chi connectivity index (χ2v) is 13.6. The minimum Gasteiger partial charge on any atom is -0.368 e. The summed E-state index contributed by atoms with van der Waals surface area (Å²) in [4.78, 5) is 54.0. The number of aromatic nitrogens is 1. The summed E-state index contributed by atoms with van der Waals surface area (Å²) in [6.45, 7) is 6.03. The zero-order chi connectivity index (χ0) is 38.7. The van der Waals surface area contributed by atoms with Gasteiger partial charge in [-0.2, -0.15) is 13.2 Å². The van der Waals surface area contributed by atoms with E-state index in [1.165, 1.54) is 24.3 Å². The Balaban J connectivity index is 1.40. The zero-order valence-electron chi connectivity index (χ0n) is 31.0. The van der Waals surface area contributed by atoms with Gasteiger partial charge < -0.3 is 24.5 Å². The fourth-order valence-corrected chi connectivity index (χ4v) is 6.41. The number of amides is 3. The van der Waals surface area contributed by atoms with Gasteiger partial charge in [0.1, 0.15) is 6.04 Å². The molecule has 0 bridgehead atoms. The van der Waals surface area contributed by atoms with Gasteiger partial charge in [-0.05, 0) is 65.7 Å². The van der Waals surface area contributed by atoms with Crippen LogP contribution < -0.4 is 4.90 Å². The maximum atomic E-state index is 14.4. The minimum absolute atomic E-state index is 0.0594. The van der Waals surface area contributed by atoms with Crippen LogP contribution in [0.25, 0.3) is 6.08 Å². The Morgan fingerprint density at radius 1 is 0.796 bits per heavy atom. The predicted octanol–water partition coefficient (Wildman–Crippen LogP) is 6.01. The van der Waals surface area contributed by atoms with Crippen molar-refractivity contribution >= 4 is 29.5 Å². The van der Waals surface area contributed by atoms with Crippen LogP contribution in [0.15, 0.2) is 109 Å². The van der Waals surface area contributed by atoms with E-state index in [0.717, 1.165) is 34.5 Å². The Bertz CT molecular complexity index is 1850. The first-order chi connectivity index (χ1) is 25.9. The third-order valence-electron chi connectivity index (χ3n) is 9.62. The number of nitrogens with zero attached hydrogens (tertiary/aromatic N) is 6. The van der Waals surface area contributed by atoms with Gasteiger partial charge in [0.2, 0.25) is 17.7 Å². The van der Waals surface area contributed by atoms with E-state index in [-0.39, 0.29) is 24.8 Å². The highest BCUT2D eigenvalue weighted by Gasteiger charge is 2.32. The average Bonchev–Trinajstić information content (AvgIpc) is 3.18. The molecule has 1 aliphatic heterocycles. The van der Waals surface area contributed by atoms with Gasteiger partial charge >= 0.3 is 6.18 Å². The summed E-state index contributed by atoms with van der Waals surface area (Å²) in [5, 5.41) is 0. The van der Waals surface area contributed by atoms with Gasteiger partial charge in [0.15, 0.2) is 0 Å². The number of hydrogen-bond donors (Lipinski definition) is 0. The molecule has 1 saturated heterocycles. The van der Waals surface area contributed by atoms with Crippen molar-refractivity contribution in [1.29, 1.82) is 0 Å². The van der Waals surface area contributed by atoms with Crippen molar-refractivity contribution < 1.29 is 27.6 Å². The number of carbonyl (C=O) groups is 3. The van der Waals surface area contributed by atoms with Gasteiger partial charge in [-0.1, -0.05) is 60.7 Å². The number of likely N-dealkylation sites (N-methyl/N-ethyl adjacent to an activating group) is 2. The maximum absolute atomic E-state index is 14.4. The van der Waals surface area contributed by atoms with E-state index in [2.05, 4.69) is 14.8 Å². The first-order valence-electron chi connectivity index (χ1n) is 18.0. The lowest BCUT2D eigenvalue weighted by atomic mass is 10.0. The Labute approximate surface area is 315 Å². The molecule has 284 valence electrons. The Hall–Kier alpha value is -5.49. The molecule has 4 aromatic rings. The molecule has 0 spiro atoms. The second kappa shape index (κ2) is 18.5. The van der Waals surface area contributed by atoms with Gasteiger partial charge in [0.05, 0.1) is 5.56 Å². The van der Waals surface area contributed by atoms with E-state index in [1.807, 2.05) is 84.9 Å². The van der Waals surface area contributed by atoms with Crippen molar-refractivity contribution in [2.45, 2.75) is 38.7 Å². The molecule has 2 heterocycles. The van der Waals surface area contributed by atoms with Gasteiger partial charge in [0.25, 0.3) is 0 Å². The van der Waals surface area contributed by atoms with Crippen LogP contribution in [0.1, 0.15) is 34.7 Å².